The molecule has 1 atom stereocenters. The summed E-state index contributed by atoms with van der Waals surface area (Å²) in [5, 5.41) is 0.759. The monoisotopic (exact) mass is 187 g/mol. The number of halogens is 2. The van der Waals surface area contributed by atoms with Crippen LogP contribution < -0.4 is 0 Å². The van der Waals surface area contributed by atoms with Crippen LogP contribution in [0, 0.1) is 12.3 Å². The fraction of sp³-hybridized carbons (Fsp3) is 0.444. The molecule has 59 valence electrons. The minimum atomic E-state index is -0.272. The van der Waals surface area contributed by atoms with E-state index in [0.29, 0.717) is 5.92 Å². The second kappa shape index (κ2) is 2.53. The van der Waals surface area contributed by atoms with Crippen LogP contribution in [0.2, 0.25) is 0 Å². The van der Waals surface area contributed by atoms with E-state index in [1.165, 1.54) is 12.8 Å². The Kier molecular flexibility index (Phi) is 1.77. The summed E-state index contributed by atoms with van der Waals surface area (Å²) in [5.74, 6) is 0.614. The summed E-state index contributed by atoms with van der Waals surface area (Å²) >= 11 is 12.1. The van der Waals surface area contributed by atoms with Gasteiger partial charge in [-0.2, -0.15) is 0 Å². The van der Waals surface area contributed by atoms with Gasteiger partial charge < -0.3 is 0 Å². The lowest BCUT2D eigenvalue weighted by Crippen LogP contribution is -2.23. The summed E-state index contributed by atoms with van der Waals surface area (Å²) in [4.78, 5) is -0.272. The van der Waals surface area contributed by atoms with Crippen molar-refractivity contribution in [2.75, 3.05) is 0 Å². The average molecular weight is 188 g/mol. The molecule has 1 radical (unpaired) electrons. The van der Waals surface area contributed by atoms with Crippen molar-refractivity contribution in [3.63, 3.8) is 0 Å². The molecule has 0 aliphatic heterocycles. The molecule has 0 aromatic rings. The van der Waals surface area contributed by atoms with E-state index in [0.717, 1.165) is 5.03 Å². The topological polar surface area (TPSA) is 0 Å². The van der Waals surface area contributed by atoms with E-state index in [1.807, 2.05) is 24.6 Å². The summed E-state index contributed by atoms with van der Waals surface area (Å²) in [6, 6.07) is 0. The van der Waals surface area contributed by atoms with E-state index in [2.05, 4.69) is 0 Å². The summed E-state index contributed by atoms with van der Waals surface area (Å²) in [6.45, 7) is 0. The molecule has 2 rings (SSSR count). The predicted molar refractivity (Wildman–Crippen MR) is 48.7 cm³/mol. The number of allylic oxidation sites excluding steroid dienone is 4. The maximum absolute atomic E-state index is 6.30. The highest BCUT2D eigenvalue weighted by molar-refractivity contribution is 6.34. The van der Waals surface area contributed by atoms with Gasteiger partial charge in [-0.15, -0.1) is 11.6 Å². The molecule has 2 aliphatic rings. The van der Waals surface area contributed by atoms with Crippen LogP contribution in [0.1, 0.15) is 12.8 Å². The van der Waals surface area contributed by atoms with Crippen molar-refractivity contribution < 1.29 is 0 Å². The van der Waals surface area contributed by atoms with Crippen LogP contribution in [-0.2, 0) is 0 Å². The fourth-order valence-electron chi connectivity index (χ4n) is 1.37. The van der Waals surface area contributed by atoms with E-state index in [9.17, 15) is 0 Å². The van der Waals surface area contributed by atoms with E-state index in [-0.39, 0.29) is 4.87 Å². The first kappa shape index (κ1) is 7.70. The lowest BCUT2D eigenvalue weighted by atomic mass is 9.94. The molecule has 0 heterocycles. The number of rotatable bonds is 1. The molecule has 2 aliphatic carbocycles. The van der Waals surface area contributed by atoms with Gasteiger partial charge in [-0.1, -0.05) is 23.8 Å². The Balaban J connectivity index is 2.16. The molecular weight excluding hydrogens is 179 g/mol. The number of alkyl halides is 1. The highest BCUT2D eigenvalue weighted by Gasteiger charge is 2.43. The Morgan fingerprint density at radius 3 is 2.73 bits per heavy atom. The smallest absolute Gasteiger partial charge is 0.0741 e. The average Bonchev–Trinajstić information content (AvgIpc) is 2.66. The third kappa shape index (κ3) is 1.47. The Hall–Kier alpha value is 0.0600. The fourth-order valence-corrected chi connectivity index (χ4v) is 2.09. The van der Waals surface area contributed by atoms with Crippen molar-refractivity contribution in [3.8, 4) is 0 Å². The molecule has 0 nitrogen and oxygen atoms in total. The Bertz CT molecular complexity index is 226. The summed E-state index contributed by atoms with van der Waals surface area (Å²) < 4.78 is 0. The molecule has 0 amide bonds. The number of hydrogen-bond donors (Lipinski definition) is 0. The van der Waals surface area contributed by atoms with Gasteiger partial charge in [0.2, 0.25) is 0 Å². The first-order chi connectivity index (χ1) is 5.21. The van der Waals surface area contributed by atoms with Gasteiger partial charge in [-0.25, -0.2) is 0 Å². The Morgan fingerprint density at radius 1 is 1.45 bits per heavy atom. The van der Waals surface area contributed by atoms with Gasteiger partial charge in [0.1, 0.15) is 0 Å². The van der Waals surface area contributed by atoms with E-state index in [4.69, 9.17) is 23.2 Å². The molecule has 1 unspecified atom stereocenters. The van der Waals surface area contributed by atoms with Crippen molar-refractivity contribution in [1.29, 1.82) is 0 Å². The van der Waals surface area contributed by atoms with Crippen LogP contribution in [0.25, 0.3) is 0 Å². The van der Waals surface area contributed by atoms with E-state index in [1.54, 1.807) is 0 Å². The minimum Gasteiger partial charge on any atom is -0.114 e. The standard InChI is InChI=1S/C9H9Cl2/c10-8-2-1-5-9(11,6-8)7-3-4-7/h1-2,5-7H,3-4H2. The maximum Gasteiger partial charge on any atom is 0.0741 e. The van der Waals surface area contributed by atoms with E-state index >= 15 is 0 Å². The largest absolute Gasteiger partial charge is 0.114 e. The highest BCUT2D eigenvalue weighted by atomic mass is 35.5. The lowest BCUT2D eigenvalue weighted by molar-refractivity contribution is 0.698. The number of hydrogen-bond acceptors (Lipinski definition) is 0. The van der Waals surface area contributed by atoms with Crippen LogP contribution in [0.4, 0.5) is 0 Å². The second-order valence-corrected chi connectivity index (χ2v) is 4.25. The van der Waals surface area contributed by atoms with Crippen LogP contribution in [0.15, 0.2) is 23.3 Å². The Labute approximate surface area is 76.9 Å². The van der Waals surface area contributed by atoms with Crippen LogP contribution in [0.5, 0.6) is 0 Å². The van der Waals surface area contributed by atoms with Crippen molar-refractivity contribution in [1.82, 2.24) is 0 Å². The van der Waals surface area contributed by atoms with Gasteiger partial charge in [0, 0.05) is 11.5 Å². The highest BCUT2D eigenvalue weighted by Crippen LogP contribution is 2.49. The zero-order chi connectivity index (χ0) is 7.90. The molecule has 11 heavy (non-hydrogen) atoms. The molecule has 2 heteroatoms. The summed E-state index contributed by atoms with van der Waals surface area (Å²) in [7, 11) is 0. The lowest BCUT2D eigenvalue weighted by Gasteiger charge is -2.24. The van der Waals surface area contributed by atoms with Gasteiger partial charge in [0.25, 0.3) is 0 Å². The van der Waals surface area contributed by atoms with Gasteiger partial charge in [-0.3, -0.25) is 0 Å². The SMILES string of the molecule is ClC1=CC=CC(Cl)(C2CC2)[CH]1. The molecule has 0 saturated heterocycles. The summed E-state index contributed by atoms with van der Waals surface area (Å²) in [5.41, 5.74) is 0. The molecular formula is C9H9Cl2. The van der Waals surface area contributed by atoms with Crippen molar-refractivity contribution >= 4 is 23.2 Å². The first-order valence-electron chi connectivity index (χ1n) is 3.80. The third-order valence-corrected chi connectivity index (χ3v) is 2.95. The van der Waals surface area contributed by atoms with Crippen LogP contribution in [-0.4, -0.2) is 4.87 Å². The molecule has 1 fully saturated rings. The van der Waals surface area contributed by atoms with Crippen molar-refractivity contribution in [2.24, 2.45) is 5.92 Å². The molecule has 1 saturated carbocycles. The molecule has 0 spiro atoms. The zero-order valence-corrected chi connectivity index (χ0v) is 7.57. The minimum absolute atomic E-state index is 0.272. The third-order valence-electron chi connectivity index (χ3n) is 2.17. The van der Waals surface area contributed by atoms with Crippen LogP contribution in [0.3, 0.4) is 0 Å². The zero-order valence-electron chi connectivity index (χ0n) is 6.06. The quantitative estimate of drug-likeness (QED) is 0.554. The molecule has 0 bridgehead atoms. The van der Waals surface area contributed by atoms with Crippen LogP contribution >= 0.6 is 23.2 Å². The van der Waals surface area contributed by atoms with Crippen molar-refractivity contribution in [2.45, 2.75) is 17.7 Å². The first-order valence-corrected chi connectivity index (χ1v) is 4.56. The normalized spacial score (nSPS) is 37.1. The van der Waals surface area contributed by atoms with Gasteiger partial charge in [-0.05, 0) is 24.8 Å². The van der Waals surface area contributed by atoms with Gasteiger partial charge in [0.15, 0.2) is 0 Å². The molecule has 0 N–H and O–H groups in total. The second-order valence-electron chi connectivity index (χ2n) is 3.16. The van der Waals surface area contributed by atoms with Gasteiger partial charge >= 0.3 is 0 Å². The molecule has 0 aromatic heterocycles. The summed E-state index contributed by atoms with van der Waals surface area (Å²) in [6.07, 6.45) is 10.2. The Morgan fingerprint density at radius 2 is 2.18 bits per heavy atom. The van der Waals surface area contributed by atoms with Crippen molar-refractivity contribution in [3.05, 3.63) is 29.7 Å². The predicted octanol–water partition coefficient (Wildman–Crippen LogP) is 3.27. The molecule has 0 aromatic carbocycles. The van der Waals surface area contributed by atoms with Gasteiger partial charge in [0.05, 0.1) is 4.87 Å². The van der Waals surface area contributed by atoms with E-state index < -0.39 is 0 Å². The maximum atomic E-state index is 6.30.